The van der Waals surface area contributed by atoms with E-state index in [-0.39, 0.29) is 18.8 Å². The third-order valence-electron chi connectivity index (χ3n) is 4.16. The molecule has 1 amide bonds. The van der Waals surface area contributed by atoms with Gasteiger partial charge in [0.25, 0.3) is 5.91 Å². The quantitative estimate of drug-likeness (QED) is 0.550. The predicted octanol–water partition coefficient (Wildman–Crippen LogP) is 3.14. The summed E-state index contributed by atoms with van der Waals surface area (Å²) < 4.78 is 16.2. The number of ether oxygens (including phenoxy) is 3. The number of aromatic nitrogens is 1. The van der Waals surface area contributed by atoms with Gasteiger partial charge < -0.3 is 19.5 Å². The van der Waals surface area contributed by atoms with Gasteiger partial charge in [-0.25, -0.2) is 9.78 Å². The smallest absolute Gasteiger partial charge is 0.357 e. The molecule has 30 heavy (non-hydrogen) atoms. The molecule has 0 aliphatic rings. The molecule has 7 heteroatoms. The van der Waals surface area contributed by atoms with E-state index in [1.807, 2.05) is 36.4 Å². The second kappa shape index (κ2) is 10.6. The molecule has 154 valence electrons. The van der Waals surface area contributed by atoms with Crippen LogP contribution in [0.3, 0.4) is 0 Å². The first kappa shape index (κ1) is 20.9. The first-order valence-electron chi connectivity index (χ1n) is 9.34. The fourth-order valence-electron chi connectivity index (χ4n) is 2.62. The fraction of sp³-hybridized carbons (Fsp3) is 0.174. The van der Waals surface area contributed by atoms with Crippen molar-refractivity contribution in [2.24, 2.45) is 0 Å². The highest BCUT2D eigenvalue weighted by Gasteiger charge is 2.11. The van der Waals surface area contributed by atoms with E-state index in [9.17, 15) is 9.59 Å². The molecular formula is C23H22N2O5. The molecule has 0 fully saturated rings. The Kier molecular flexibility index (Phi) is 7.38. The first-order chi connectivity index (χ1) is 14.7. The molecule has 1 N–H and O–H groups in total. The largest absolute Gasteiger partial charge is 0.493 e. The zero-order valence-electron chi connectivity index (χ0n) is 16.5. The summed E-state index contributed by atoms with van der Waals surface area (Å²) in [7, 11) is 1.56. The van der Waals surface area contributed by atoms with Crippen molar-refractivity contribution in [3.05, 3.63) is 89.7 Å². The lowest BCUT2D eigenvalue weighted by Crippen LogP contribution is -2.28. The molecule has 0 spiro atoms. The molecule has 3 rings (SSSR count). The van der Waals surface area contributed by atoms with Gasteiger partial charge in [0.1, 0.15) is 12.3 Å². The Bertz CT molecular complexity index is 977. The van der Waals surface area contributed by atoms with Crippen molar-refractivity contribution in [2.75, 3.05) is 13.7 Å². The van der Waals surface area contributed by atoms with E-state index in [2.05, 4.69) is 10.3 Å². The summed E-state index contributed by atoms with van der Waals surface area (Å²) >= 11 is 0. The van der Waals surface area contributed by atoms with Gasteiger partial charge in [-0.3, -0.25) is 4.79 Å². The summed E-state index contributed by atoms with van der Waals surface area (Å²) in [6.45, 7) is 0.301. The van der Waals surface area contributed by atoms with Gasteiger partial charge in [-0.1, -0.05) is 42.5 Å². The number of amides is 1. The third kappa shape index (κ3) is 6.07. The molecule has 0 aliphatic carbocycles. The Morgan fingerprint density at radius 2 is 1.73 bits per heavy atom. The van der Waals surface area contributed by atoms with Crippen LogP contribution >= 0.6 is 0 Å². The lowest BCUT2D eigenvalue weighted by atomic mass is 10.2. The van der Waals surface area contributed by atoms with Crippen LogP contribution in [-0.2, 0) is 22.7 Å². The minimum Gasteiger partial charge on any atom is -0.493 e. The molecule has 3 aromatic rings. The lowest BCUT2D eigenvalue weighted by Gasteiger charge is -2.13. The third-order valence-corrected chi connectivity index (χ3v) is 4.16. The zero-order valence-corrected chi connectivity index (χ0v) is 16.5. The first-order valence-corrected chi connectivity index (χ1v) is 9.34. The number of carbonyl (C=O) groups is 2. The number of nitrogens with zero attached hydrogens (tertiary/aromatic N) is 1. The maximum Gasteiger partial charge on any atom is 0.357 e. The molecule has 0 aliphatic heterocycles. The van der Waals surface area contributed by atoms with Gasteiger partial charge in [-0.15, -0.1) is 0 Å². The second-order valence-corrected chi connectivity index (χ2v) is 6.33. The summed E-state index contributed by atoms with van der Waals surface area (Å²) in [5, 5.41) is 2.70. The van der Waals surface area contributed by atoms with E-state index in [1.165, 1.54) is 12.3 Å². The van der Waals surface area contributed by atoms with Gasteiger partial charge >= 0.3 is 5.97 Å². The molecule has 1 heterocycles. The molecule has 0 saturated carbocycles. The van der Waals surface area contributed by atoms with E-state index >= 15 is 0 Å². The lowest BCUT2D eigenvalue weighted by molar-refractivity contribution is -0.124. The zero-order chi connectivity index (χ0) is 21.2. The molecule has 1 aromatic heterocycles. The molecule has 0 unspecified atom stereocenters. The van der Waals surface area contributed by atoms with Gasteiger partial charge in [0, 0.05) is 12.7 Å². The van der Waals surface area contributed by atoms with Crippen molar-refractivity contribution in [2.45, 2.75) is 13.2 Å². The standard InChI is InChI=1S/C23H22N2O5/c1-28-21-13-18(10-11-20(21)29-15-17-7-3-2-4-8-17)14-25-22(26)16-30-23(27)19-9-5-6-12-24-19/h2-13H,14-16H2,1H3,(H,25,26). The van der Waals surface area contributed by atoms with Crippen LogP contribution in [-0.4, -0.2) is 30.6 Å². The summed E-state index contributed by atoms with van der Waals surface area (Å²) in [5.41, 5.74) is 2.03. The Labute approximate surface area is 174 Å². The highest BCUT2D eigenvalue weighted by Crippen LogP contribution is 2.28. The number of esters is 1. The van der Waals surface area contributed by atoms with Crippen LogP contribution in [0.4, 0.5) is 0 Å². The minimum atomic E-state index is -0.646. The van der Waals surface area contributed by atoms with Crippen LogP contribution in [0.2, 0.25) is 0 Å². The Balaban J connectivity index is 1.49. The summed E-state index contributed by atoms with van der Waals surface area (Å²) in [4.78, 5) is 27.7. The van der Waals surface area contributed by atoms with E-state index in [0.29, 0.717) is 18.1 Å². The number of pyridine rings is 1. The maximum absolute atomic E-state index is 12.0. The number of hydrogen-bond acceptors (Lipinski definition) is 6. The molecule has 7 nitrogen and oxygen atoms in total. The molecule has 0 bridgehead atoms. The summed E-state index contributed by atoms with van der Waals surface area (Å²) in [6, 6.07) is 20.1. The van der Waals surface area contributed by atoms with E-state index in [0.717, 1.165) is 11.1 Å². The van der Waals surface area contributed by atoms with Gasteiger partial charge in [0.05, 0.1) is 7.11 Å². The molecule has 2 aromatic carbocycles. The van der Waals surface area contributed by atoms with E-state index in [4.69, 9.17) is 14.2 Å². The topological polar surface area (TPSA) is 86.8 Å². The number of rotatable bonds is 9. The van der Waals surface area contributed by atoms with Crippen LogP contribution in [0.1, 0.15) is 21.6 Å². The predicted molar refractivity (Wildman–Crippen MR) is 110 cm³/mol. The van der Waals surface area contributed by atoms with Crippen molar-refractivity contribution in [1.29, 1.82) is 0 Å². The SMILES string of the molecule is COc1cc(CNC(=O)COC(=O)c2ccccn2)ccc1OCc1ccccc1. The molecule has 0 atom stereocenters. The molecule has 0 saturated heterocycles. The average molecular weight is 406 g/mol. The van der Waals surface area contributed by atoms with Gasteiger partial charge in [0.2, 0.25) is 0 Å². The Morgan fingerprint density at radius 3 is 2.47 bits per heavy atom. The van der Waals surface area contributed by atoms with Gasteiger partial charge in [-0.05, 0) is 35.4 Å². The van der Waals surface area contributed by atoms with Gasteiger partial charge in [0.15, 0.2) is 18.1 Å². The van der Waals surface area contributed by atoms with Crippen molar-refractivity contribution >= 4 is 11.9 Å². The van der Waals surface area contributed by atoms with E-state index < -0.39 is 11.9 Å². The van der Waals surface area contributed by atoms with Crippen LogP contribution in [0.15, 0.2) is 72.9 Å². The monoisotopic (exact) mass is 406 g/mol. The van der Waals surface area contributed by atoms with Crippen molar-refractivity contribution in [3.63, 3.8) is 0 Å². The summed E-state index contributed by atoms with van der Waals surface area (Å²) in [6.07, 6.45) is 1.48. The van der Waals surface area contributed by atoms with Crippen molar-refractivity contribution < 1.29 is 23.8 Å². The normalized spacial score (nSPS) is 10.2. The number of benzene rings is 2. The molecular weight excluding hydrogens is 384 g/mol. The number of hydrogen-bond donors (Lipinski definition) is 1. The van der Waals surface area contributed by atoms with Crippen LogP contribution < -0.4 is 14.8 Å². The number of methoxy groups -OCH3 is 1. The average Bonchev–Trinajstić information content (AvgIpc) is 2.81. The fourth-order valence-corrected chi connectivity index (χ4v) is 2.62. The van der Waals surface area contributed by atoms with Crippen LogP contribution in [0.5, 0.6) is 11.5 Å². The number of carbonyl (C=O) groups excluding carboxylic acids is 2. The van der Waals surface area contributed by atoms with Crippen molar-refractivity contribution in [1.82, 2.24) is 10.3 Å². The van der Waals surface area contributed by atoms with Crippen molar-refractivity contribution in [3.8, 4) is 11.5 Å². The van der Waals surface area contributed by atoms with Crippen LogP contribution in [0, 0.1) is 0 Å². The van der Waals surface area contributed by atoms with Gasteiger partial charge in [-0.2, -0.15) is 0 Å². The molecule has 0 radical (unpaired) electrons. The Hall–Kier alpha value is -3.87. The van der Waals surface area contributed by atoms with E-state index in [1.54, 1.807) is 31.4 Å². The number of nitrogens with one attached hydrogen (secondary N) is 1. The maximum atomic E-state index is 12.0. The summed E-state index contributed by atoms with van der Waals surface area (Å²) in [5.74, 6) is 0.120. The second-order valence-electron chi connectivity index (χ2n) is 6.33. The highest BCUT2D eigenvalue weighted by atomic mass is 16.5. The van der Waals surface area contributed by atoms with Crippen LogP contribution in [0.25, 0.3) is 0 Å². The highest BCUT2D eigenvalue weighted by molar-refractivity contribution is 5.89. The Morgan fingerprint density at radius 1 is 0.933 bits per heavy atom. The minimum absolute atomic E-state index is 0.154.